The first-order chi connectivity index (χ1) is 10.9. The van der Waals surface area contributed by atoms with Crippen molar-refractivity contribution in [1.82, 2.24) is 10.6 Å². The lowest BCUT2D eigenvalue weighted by molar-refractivity contribution is -0.0498. The van der Waals surface area contributed by atoms with Crippen LogP contribution in [-0.4, -0.2) is 12.6 Å². The maximum Gasteiger partial charge on any atom is 0.387 e. The zero-order valence-electron chi connectivity index (χ0n) is 12.8. The van der Waals surface area contributed by atoms with E-state index in [0.717, 1.165) is 5.76 Å². The Balaban J connectivity index is 1.84. The van der Waals surface area contributed by atoms with Crippen molar-refractivity contribution in [2.45, 2.75) is 33.0 Å². The van der Waals surface area contributed by atoms with Gasteiger partial charge in [-0.05, 0) is 43.7 Å². The highest BCUT2D eigenvalue weighted by Gasteiger charge is 2.12. The summed E-state index contributed by atoms with van der Waals surface area (Å²) < 4.78 is 34.1. The largest absolute Gasteiger partial charge is 0.464 e. The average molecular weight is 324 g/mol. The number of amides is 2. The quantitative estimate of drug-likeness (QED) is 0.850. The van der Waals surface area contributed by atoms with Crippen LogP contribution < -0.4 is 15.4 Å². The minimum Gasteiger partial charge on any atom is -0.464 e. The molecule has 0 fully saturated rings. The monoisotopic (exact) mass is 324 g/mol. The van der Waals surface area contributed by atoms with E-state index in [0.29, 0.717) is 11.3 Å². The number of benzene rings is 1. The van der Waals surface area contributed by atoms with Crippen LogP contribution in [0.1, 0.15) is 30.0 Å². The molecule has 1 aromatic carbocycles. The maximum absolute atomic E-state index is 12.2. The molecule has 2 aromatic rings. The number of hydrogen-bond donors (Lipinski definition) is 2. The second-order valence-corrected chi connectivity index (χ2v) is 5.02. The topological polar surface area (TPSA) is 63.5 Å². The van der Waals surface area contributed by atoms with Crippen LogP contribution in [0.4, 0.5) is 13.6 Å². The second-order valence-electron chi connectivity index (χ2n) is 5.02. The lowest BCUT2D eigenvalue weighted by Crippen LogP contribution is -2.36. The van der Waals surface area contributed by atoms with Crippen molar-refractivity contribution in [3.63, 3.8) is 0 Å². The number of nitrogens with one attached hydrogen (secondary N) is 2. The van der Waals surface area contributed by atoms with E-state index in [2.05, 4.69) is 15.4 Å². The molecule has 7 heteroatoms. The number of alkyl halides is 2. The van der Waals surface area contributed by atoms with E-state index in [9.17, 15) is 13.6 Å². The summed E-state index contributed by atoms with van der Waals surface area (Å²) in [6.45, 7) is 0.940. The van der Waals surface area contributed by atoms with Crippen LogP contribution in [0, 0.1) is 6.92 Å². The molecule has 0 aliphatic rings. The van der Waals surface area contributed by atoms with Gasteiger partial charge in [0.05, 0.1) is 6.04 Å². The van der Waals surface area contributed by atoms with Crippen molar-refractivity contribution in [3.8, 4) is 5.75 Å². The molecule has 23 heavy (non-hydrogen) atoms. The van der Waals surface area contributed by atoms with E-state index in [4.69, 9.17) is 4.42 Å². The average Bonchev–Trinajstić information content (AvgIpc) is 2.91. The van der Waals surface area contributed by atoms with Crippen LogP contribution in [0.25, 0.3) is 0 Å². The van der Waals surface area contributed by atoms with Gasteiger partial charge in [0.1, 0.15) is 17.3 Å². The van der Waals surface area contributed by atoms with Gasteiger partial charge in [0.25, 0.3) is 0 Å². The fourth-order valence-corrected chi connectivity index (χ4v) is 2.02. The van der Waals surface area contributed by atoms with Gasteiger partial charge in [0, 0.05) is 6.54 Å². The zero-order chi connectivity index (χ0) is 16.8. The number of ether oxygens (including phenoxy) is 1. The van der Waals surface area contributed by atoms with Gasteiger partial charge in [-0.1, -0.05) is 12.1 Å². The predicted molar refractivity (Wildman–Crippen MR) is 80.3 cm³/mol. The first kappa shape index (κ1) is 16.8. The number of carbonyl (C=O) groups excluding carboxylic acids is 1. The molecular weight excluding hydrogens is 306 g/mol. The summed E-state index contributed by atoms with van der Waals surface area (Å²) in [4.78, 5) is 11.9. The predicted octanol–water partition coefficient (Wildman–Crippen LogP) is 3.75. The summed E-state index contributed by atoms with van der Waals surface area (Å²) in [5.74, 6) is 1.48. The molecule has 0 saturated carbocycles. The highest BCUT2D eigenvalue weighted by atomic mass is 19.3. The normalized spacial score (nSPS) is 12.0. The molecule has 1 unspecified atom stereocenters. The minimum atomic E-state index is -2.88. The zero-order valence-corrected chi connectivity index (χ0v) is 12.8. The van der Waals surface area contributed by atoms with Crippen LogP contribution in [0.3, 0.4) is 0 Å². The molecule has 0 saturated heterocycles. The summed E-state index contributed by atoms with van der Waals surface area (Å²) in [6.07, 6.45) is 0. The molecular formula is C16H18F2N2O3. The highest BCUT2D eigenvalue weighted by Crippen LogP contribution is 2.17. The van der Waals surface area contributed by atoms with Crippen molar-refractivity contribution >= 4 is 6.03 Å². The Morgan fingerprint density at radius 2 is 2.09 bits per heavy atom. The van der Waals surface area contributed by atoms with Crippen LogP contribution in [-0.2, 0) is 6.54 Å². The maximum atomic E-state index is 12.2. The molecule has 0 aliphatic carbocycles. The Morgan fingerprint density at radius 3 is 2.74 bits per heavy atom. The van der Waals surface area contributed by atoms with Crippen LogP contribution in [0.5, 0.6) is 5.75 Å². The van der Waals surface area contributed by atoms with Crippen molar-refractivity contribution in [2.75, 3.05) is 0 Å². The van der Waals surface area contributed by atoms with Gasteiger partial charge >= 0.3 is 12.6 Å². The molecule has 1 aromatic heterocycles. The fourth-order valence-electron chi connectivity index (χ4n) is 2.02. The molecule has 0 bridgehead atoms. The smallest absolute Gasteiger partial charge is 0.387 e. The van der Waals surface area contributed by atoms with Crippen molar-refractivity contribution in [1.29, 1.82) is 0 Å². The summed E-state index contributed by atoms with van der Waals surface area (Å²) in [6, 6.07) is 9.12. The fraction of sp³-hybridized carbons (Fsp3) is 0.312. The molecule has 124 valence electrons. The van der Waals surface area contributed by atoms with Gasteiger partial charge in [-0.3, -0.25) is 0 Å². The molecule has 5 nitrogen and oxygen atoms in total. The van der Waals surface area contributed by atoms with Crippen LogP contribution in [0.2, 0.25) is 0 Å². The lowest BCUT2D eigenvalue weighted by atomic mass is 10.2. The minimum absolute atomic E-state index is 0.0548. The van der Waals surface area contributed by atoms with Crippen molar-refractivity contribution in [3.05, 3.63) is 53.5 Å². The van der Waals surface area contributed by atoms with E-state index in [1.807, 2.05) is 13.0 Å². The van der Waals surface area contributed by atoms with E-state index in [1.54, 1.807) is 25.1 Å². The number of hydrogen-bond acceptors (Lipinski definition) is 3. The summed E-state index contributed by atoms with van der Waals surface area (Å²) in [7, 11) is 0. The summed E-state index contributed by atoms with van der Waals surface area (Å²) in [5, 5.41) is 5.38. The van der Waals surface area contributed by atoms with Gasteiger partial charge in [-0.15, -0.1) is 0 Å². The summed E-state index contributed by atoms with van der Waals surface area (Å²) in [5.41, 5.74) is 0.653. The molecule has 0 radical (unpaired) electrons. The molecule has 1 atom stereocenters. The van der Waals surface area contributed by atoms with Gasteiger partial charge in [0.15, 0.2) is 0 Å². The number of carbonyl (C=O) groups is 1. The number of urea groups is 1. The standard InChI is InChI=1S/C16H18F2N2O3/c1-10-6-7-14(22-10)11(2)20-16(21)19-9-12-4-3-5-13(8-12)23-15(17)18/h3-8,11,15H,9H2,1-2H3,(H2,19,20,21). The Morgan fingerprint density at radius 1 is 1.30 bits per heavy atom. The Bertz CT molecular complexity index is 658. The van der Waals surface area contributed by atoms with Gasteiger partial charge < -0.3 is 19.8 Å². The number of aryl methyl sites for hydroxylation is 1. The first-order valence-corrected chi connectivity index (χ1v) is 7.08. The SMILES string of the molecule is Cc1ccc(C(C)NC(=O)NCc2cccc(OC(F)F)c2)o1. The Labute approximate surface area is 132 Å². The van der Waals surface area contributed by atoms with E-state index in [1.165, 1.54) is 12.1 Å². The first-order valence-electron chi connectivity index (χ1n) is 7.08. The van der Waals surface area contributed by atoms with E-state index >= 15 is 0 Å². The molecule has 2 amide bonds. The molecule has 2 rings (SSSR count). The molecule has 0 aliphatic heterocycles. The third-order valence-electron chi connectivity index (χ3n) is 3.11. The van der Waals surface area contributed by atoms with Gasteiger partial charge in [0.2, 0.25) is 0 Å². The number of rotatable bonds is 6. The highest BCUT2D eigenvalue weighted by molar-refractivity contribution is 5.74. The number of furan rings is 1. The van der Waals surface area contributed by atoms with Gasteiger partial charge in [-0.2, -0.15) is 8.78 Å². The second kappa shape index (κ2) is 7.62. The Kier molecular flexibility index (Phi) is 5.56. The van der Waals surface area contributed by atoms with Crippen molar-refractivity contribution < 1.29 is 22.7 Å². The van der Waals surface area contributed by atoms with Gasteiger partial charge in [-0.25, -0.2) is 4.79 Å². The van der Waals surface area contributed by atoms with Crippen LogP contribution in [0.15, 0.2) is 40.8 Å². The third-order valence-corrected chi connectivity index (χ3v) is 3.11. The summed E-state index contributed by atoms with van der Waals surface area (Å²) >= 11 is 0. The van der Waals surface area contributed by atoms with E-state index < -0.39 is 6.61 Å². The van der Waals surface area contributed by atoms with Crippen LogP contribution >= 0.6 is 0 Å². The molecule has 0 spiro atoms. The number of halogens is 2. The Hall–Kier alpha value is -2.57. The van der Waals surface area contributed by atoms with E-state index in [-0.39, 0.29) is 24.4 Å². The lowest BCUT2D eigenvalue weighted by Gasteiger charge is -2.13. The van der Waals surface area contributed by atoms with Crippen molar-refractivity contribution in [2.24, 2.45) is 0 Å². The molecule has 1 heterocycles. The third kappa shape index (κ3) is 5.28. The molecule has 2 N–H and O–H groups in total.